The van der Waals surface area contributed by atoms with Crippen LogP contribution in [0.3, 0.4) is 0 Å². The van der Waals surface area contributed by atoms with Crippen LogP contribution >= 0.6 is 11.3 Å². The fourth-order valence-electron chi connectivity index (χ4n) is 2.94. The summed E-state index contributed by atoms with van der Waals surface area (Å²) in [5, 5.41) is 7.49. The quantitative estimate of drug-likeness (QED) is 0.848. The Morgan fingerprint density at radius 3 is 2.65 bits per heavy atom. The van der Waals surface area contributed by atoms with Gasteiger partial charge in [0, 0.05) is 49.1 Å². The van der Waals surface area contributed by atoms with Crippen molar-refractivity contribution in [3.8, 4) is 0 Å². The molecule has 136 valence electrons. The Hall–Kier alpha value is -2.67. The van der Waals surface area contributed by atoms with E-state index in [9.17, 15) is 14.4 Å². The molecule has 1 aromatic heterocycles. The number of hydrogen-bond donors (Lipinski definition) is 2. The molecule has 3 amide bonds. The first kappa shape index (κ1) is 18.1. The lowest BCUT2D eigenvalue weighted by atomic mass is 10.1. The van der Waals surface area contributed by atoms with E-state index in [1.165, 1.54) is 17.4 Å². The van der Waals surface area contributed by atoms with E-state index in [-0.39, 0.29) is 30.6 Å². The topological polar surface area (TPSA) is 78.5 Å². The molecule has 0 atom stereocenters. The molecule has 7 heteroatoms. The molecule has 6 nitrogen and oxygen atoms in total. The second-order valence-electron chi connectivity index (χ2n) is 6.24. The predicted octanol–water partition coefficient (Wildman–Crippen LogP) is 3.01. The number of benzene rings is 1. The largest absolute Gasteiger partial charge is 0.338 e. The highest BCUT2D eigenvalue weighted by atomic mass is 32.1. The summed E-state index contributed by atoms with van der Waals surface area (Å²) in [6, 6.07) is 8.99. The Balaban J connectivity index is 1.48. The fraction of sp³-hybridized carbons (Fsp3) is 0.316. The zero-order chi connectivity index (χ0) is 18.5. The minimum Gasteiger partial charge on any atom is -0.338 e. The maximum absolute atomic E-state index is 12.4. The molecule has 1 aromatic carbocycles. The van der Waals surface area contributed by atoms with Crippen LogP contribution in [0.2, 0.25) is 0 Å². The first-order valence-corrected chi connectivity index (χ1v) is 9.40. The van der Waals surface area contributed by atoms with Gasteiger partial charge < -0.3 is 15.5 Å². The van der Waals surface area contributed by atoms with Gasteiger partial charge in [0.15, 0.2) is 0 Å². The van der Waals surface area contributed by atoms with Gasteiger partial charge in [-0.1, -0.05) is 6.07 Å². The number of amides is 3. The number of rotatable bonds is 5. The zero-order valence-corrected chi connectivity index (χ0v) is 15.4. The number of fused-ring (bicyclic) bond motifs is 1. The standard InChI is InChI=1S/C19H21N3O3S/c1-13(23)20-15-3-2-4-16(11-15)21-18(24)5-6-19(25)22-9-7-17-14(12-22)8-10-26-17/h2-4,8,10-11H,5-7,9,12H2,1H3,(H,20,23)(H,21,24). The highest BCUT2D eigenvalue weighted by Gasteiger charge is 2.21. The smallest absolute Gasteiger partial charge is 0.224 e. The Labute approximate surface area is 156 Å². The third-order valence-corrected chi connectivity index (χ3v) is 5.22. The van der Waals surface area contributed by atoms with Crippen molar-refractivity contribution >= 4 is 40.4 Å². The molecule has 0 saturated carbocycles. The molecule has 0 aliphatic carbocycles. The van der Waals surface area contributed by atoms with E-state index in [0.717, 1.165) is 6.42 Å². The highest BCUT2D eigenvalue weighted by Crippen LogP contribution is 2.24. The Bertz CT molecular complexity index is 831. The van der Waals surface area contributed by atoms with Gasteiger partial charge in [-0.05, 0) is 41.6 Å². The van der Waals surface area contributed by atoms with Gasteiger partial charge in [-0.2, -0.15) is 0 Å². The van der Waals surface area contributed by atoms with Gasteiger partial charge in [0.25, 0.3) is 0 Å². The van der Waals surface area contributed by atoms with E-state index in [0.29, 0.717) is 24.5 Å². The lowest BCUT2D eigenvalue weighted by Gasteiger charge is -2.27. The highest BCUT2D eigenvalue weighted by molar-refractivity contribution is 7.10. The van der Waals surface area contributed by atoms with Crippen LogP contribution in [0, 0.1) is 0 Å². The lowest BCUT2D eigenvalue weighted by molar-refractivity contribution is -0.133. The van der Waals surface area contributed by atoms with Crippen molar-refractivity contribution in [1.82, 2.24) is 4.90 Å². The van der Waals surface area contributed by atoms with Crippen molar-refractivity contribution < 1.29 is 14.4 Å². The number of carbonyl (C=O) groups excluding carboxylic acids is 3. The third-order valence-electron chi connectivity index (χ3n) is 4.19. The van der Waals surface area contributed by atoms with Gasteiger partial charge in [0.05, 0.1) is 0 Å². The van der Waals surface area contributed by atoms with Crippen molar-refractivity contribution in [2.24, 2.45) is 0 Å². The Morgan fingerprint density at radius 2 is 1.88 bits per heavy atom. The summed E-state index contributed by atoms with van der Waals surface area (Å²) in [4.78, 5) is 38.8. The van der Waals surface area contributed by atoms with Gasteiger partial charge >= 0.3 is 0 Å². The van der Waals surface area contributed by atoms with E-state index < -0.39 is 0 Å². The molecule has 1 aliphatic rings. The molecule has 2 heterocycles. The molecule has 2 N–H and O–H groups in total. The zero-order valence-electron chi connectivity index (χ0n) is 14.6. The molecule has 0 radical (unpaired) electrons. The van der Waals surface area contributed by atoms with Gasteiger partial charge in [-0.3, -0.25) is 14.4 Å². The average molecular weight is 371 g/mol. The maximum Gasteiger partial charge on any atom is 0.224 e. The first-order chi connectivity index (χ1) is 12.5. The maximum atomic E-state index is 12.4. The lowest BCUT2D eigenvalue weighted by Crippen LogP contribution is -2.35. The predicted molar refractivity (Wildman–Crippen MR) is 102 cm³/mol. The summed E-state index contributed by atoms with van der Waals surface area (Å²) < 4.78 is 0. The van der Waals surface area contributed by atoms with Crippen LogP contribution in [0.5, 0.6) is 0 Å². The van der Waals surface area contributed by atoms with Crippen LogP contribution in [-0.2, 0) is 27.3 Å². The van der Waals surface area contributed by atoms with Crippen molar-refractivity contribution in [3.05, 3.63) is 46.2 Å². The molecular formula is C19H21N3O3S. The first-order valence-electron chi connectivity index (χ1n) is 8.52. The number of nitrogens with zero attached hydrogens (tertiary/aromatic N) is 1. The van der Waals surface area contributed by atoms with E-state index in [2.05, 4.69) is 22.1 Å². The average Bonchev–Trinajstić information content (AvgIpc) is 3.07. The summed E-state index contributed by atoms with van der Waals surface area (Å²) in [5.74, 6) is -0.384. The molecule has 26 heavy (non-hydrogen) atoms. The molecule has 1 aliphatic heterocycles. The number of nitrogens with one attached hydrogen (secondary N) is 2. The SMILES string of the molecule is CC(=O)Nc1cccc(NC(=O)CCC(=O)N2CCc3sccc3C2)c1. The van der Waals surface area contributed by atoms with Gasteiger partial charge in [-0.15, -0.1) is 11.3 Å². The molecule has 0 fully saturated rings. The van der Waals surface area contributed by atoms with E-state index in [1.807, 2.05) is 4.90 Å². The minimum atomic E-state index is -0.216. The van der Waals surface area contributed by atoms with E-state index in [4.69, 9.17) is 0 Å². The number of anilines is 2. The number of carbonyl (C=O) groups is 3. The molecule has 0 unspecified atom stereocenters. The second kappa shape index (κ2) is 8.14. The van der Waals surface area contributed by atoms with Crippen molar-refractivity contribution in [2.45, 2.75) is 32.7 Å². The Kier molecular flexibility index (Phi) is 5.68. The molecular weight excluding hydrogens is 350 g/mol. The molecule has 0 bridgehead atoms. The molecule has 0 saturated heterocycles. The molecule has 2 aromatic rings. The molecule has 3 rings (SSSR count). The van der Waals surface area contributed by atoms with Gasteiger partial charge in [-0.25, -0.2) is 0 Å². The van der Waals surface area contributed by atoms with Gasteiger partial charge in [0.2, 0.25) is 17.7 Å². The van der Waals surface area contributed by atoms with Crippen LogP contribution in [0.15, 0.2) is 35.7 Å². The minimum absolute atomic E-state index is 0.00370. The summed E-state index contributed by atoms with van der Waals surface area (Å²) in [5.41, 5.74) is 2.43. The van der Waals surface area contributed by atoms with Crippen LogP contribution < -0.4 is 10.6 Å². The summed E-state index contributed by atoms with van der Waals surface area (Å²) >= 11 is 1.74. The van der Waals surface area contributed by atoms with Crippen molar-refractivity contribution in [1.29, 1.82) is 0 Å². The fourth-order valence-corrected chi connectivity index (χ4v) is 3.83. The summed E-state index contributed by atoms with van der Waals surface area (Å²) in [6.45, 7) is 2.78. The van der Waals surface area contributed by atoms with Crippen molar-refractivity contribution in [2.75, 3.05) is 17.2 Å². The summed E-state index contributed by atoms with van der Waals surface area (Å²) in [6.07, 6.45) is 1.22. The Morgan fingerprint density at radius 1 is 1.12 bits per heavy atom. The number of thiophene rings is 1. The second-order valence-corrected chi connectivity index (χ2v) is 7.25. The van der Waals surface area contributed by atoms with Crippen LogP contribution in [0.4, 0.5) is 11.4 Å². The van der Waals surface area contributed by atoms with Crippen LogP contribution in [0.25, 0.3) is 0 Å². The molecule has 0 spiro atoms. The third kappa shape index (κ3) is 4.70. The van der Waals surface area contributed by atoms with Crippen LogP contribution in [0.1, 0.15) is 30.2 Å². The van der Waals surface area contributed by atoms with Gasteiger partial charge in [0.1, 0.15) is 0 Å². The van der Waals surface area contributed by atoms with E-state index >= 15 is 0 Å². The summed E-state index contributed by atoms with van der Waals surface area (Å²) in [7, 11) is 0. The van der Waals surface area contributed by atoms with E-state index in [1.54, 1.807) is 35.6 Å². The van der Waals surface area contributed by atoms with Crippen molar-refractivity contribution in [3.63, 3.8) is 0 Å². The number of hydrogen-bond acceptors (Lipinski definition) is 4. The monoisotopic (exact) mass is 371 g/mol. The van der Waals surface area contributed by atoms with Crippen LogP contribution in [-0.4, -0.2) is 29.2 Å². The normalized spacial score (nSPS) is 13.0.